The maximum absolute atomic E-state index is 3.59. The highest BCUT2D eigenvalue weighted by Crippen LogP contribution is 2.28. The van der Waals surface area contributed by atoms with Crippen molar-refractivity contribution >= 4 is 21.6 Å². The Kier molecular flexibility index (Phi) is 3.90. The number of hydrogen-bond acceptors (Lipinski definition) is 2. The van der Waals surface area contributed by atoms with Gasteiger partial charge in [-0.3, -0.25) is 0 Å². The van der Waals surface area contributed by atoms with Crippen molar-refractivity contribution in [1.29, 1.82) is 0 Å². The summed E-state index contributed by atoms with van der Waals surface area (Å²) in [6.07, 6.45) is 5.41. The molecule has 3 fully saturated rings. The van der Waals surface area contributed by atoms with Crippen LogP contribution in [-0.4, -0.2) is 37.1 Å². The molecule has 0 aliphatic carbocycles. The molecule has 3 saturated heterocycles. The minimum atomic E-state index is 0.752. The molecule has 0 unspecified atom stereocenters. The maximum atomic E-state index is 3.59. The molecule has 18 heavy (non-hydrogen) atoms. The van der Waals surface area contributed by atoms with Gasteiger partial charge in [-0.2, -0.15) is 0 Å². The Morgan fingerprint density at radius 3 is 2.50 bits per heavy atom. The van der Waals surface area contributed by atoms with E-state index in [2.05, 4.69) is 50.0 Å². The second kappa shape index (κ2) is 5.62. The molecule has 3 heterocycles. The van der Waals surface area contributed by atoms with Crippen molar-refractivity contribution in [2.75, 3.05) is 31.1 Å². The molecule has 98 valence electrons. The zero-order valence-corrected chi connectivity index (χ0v) is 12.4. The molecular weight excluding hydrogens is 288 g/mol. The number of fused-ring (bicyclic) bond motifs is 6. The highest BCUT2D eigenvalue weighted by Gasteiger charge is 2.25. The van der Waals surface area contributed by atoms with E-state index in [4.69, 9.17) is 0 Å². The zero-order chi connectivity index (χ0) is 12.4. The van der Waals surface area contributed by atoms with Crippen LogP contribution < -0.4 is 4.90 Å². The molecule has 2 bridgehead atoms. The standard InChI is InChI=1S/C15H21BrN2/c16-13-4-1-5-15(12-13)18-11-10-17-8-2-6-14(18)7-3-9-17/h1,4-5,12,14H,2-3,6-11H2. The largest absolute Gasteiger partial charge is 0.367 e. The number of anilines is 1. The fourth-order valence-electron chi connectivity index (χ4n) is 3.32. The molecule has 4 rings (SSSR count). The van der Waals surface area contributed by atoms with Crippen molar-refractivity contribution in [3.63, 3.8) is 0 Å². The van der Waals surface area contributed by atoms with Crippen LogP contribution in [-0.2, 0) is 0 Å². The molecule has 3 aliphatic rings. The first kappa shape index (κ1) is 12.5. The predicted octanol–water partition coefficient (Wildman–Crippen LogP) is 3.51. The van der Waals surface area contributed by atoms with Gasteiger partial charge in [0.05, 0.1) is 0 Å². The highest BCUT2D eigenvalue weighted by molar-refractivity contribution is 9.10. The summed E-state index contributed by atoms with van der Waals surface area (Å²) in [6.45, 7) is 5.02. The van der Waals surface area contributed by atoms with Gasteiger partial charge in [0.1, 0.15) is 0 Å². The van der Waals surface area contributed by atoms with Crippen LogP contribution >= 0.6 is 15.9 Å². The fourth-order valence-corrected chi connectivity index (χ4v) is 3.71. The van der Waals surface area contributed by atoms with Gasteiger partial charge >= 0.3 is 0 Å². The molecule has 0 atom stereocenters. The Hall–Kier alpha value is -0.540. The van der Waals surface area contributed by atoms with Gasteiger partial charge in [0.25, 0.3) is 0 Å². The third-order valence-electron chi connectivity index (χ3n) is 4.26. The molecule has 0 spiro atoms. The number of benzene rings is 1. The van der Waals surface area contributed by atoms with Gasteiger partial charge in [-0.15, -0.1) is 0 Å². The Morgan fingerprint density at radius 1 is 1.00 bits per heavy atom. The summed E-state index contributed by atoms with van der Waals surface area (Å²) < 4.78 is 1.19. The van der Waals surface area contributed by atoms with Crippen LogP contribution in [0.1, 0.15) is 25.7 Å². The number of nitrogens with zero attached hydrogens (tertiary/aromatic N) is 2. The van der Waals surface area contributed by atoms with Crippen LogP contribution in [0.2, 0.25) is 0 Å². The average Bonchev–Trinajstić information content (AvgIpc) is 2.26. The van der Waals surface area contributed by atoms with Crippen LogP contribution in [0.25, 0.3) is 0 Å². The predicted molar refractivity (Wildman–Crippen MR) is 80.2 cm³/mol. The van der Waals surface area contributed by atoms with Crippen LogP contribution in [0.15, 0.2) is 28.7 Å². The minimum absolute atomic E-state index is 0.752. The number of halogens is 1. The fraction of sp³-hybridized carbons (Fsp3) is 0.600. The van der Waals surface area contributed by atoms with Crippen molar-refractivity contribution in [1.82, 2.24) is 4.90 Å². The Bertz CT molecular complexity index is 397. The second-order valence-electron chi connectivity index (χ2n) is 5.45. The number of hydrogen-bond donors (Lipinski definition) is 0. The van der Waals surface area contributed by atoms with Gasteiger partial charge in [0, 0.05) is 29.3 Å². The van der Waals surface area contributed by atoms with Gasteiger partial charge in [0.15, 0.2) is 0 Å². The van der Waals surface area contributed by atoms with Crippen LogP contribution in [0, 0.1) is 0 Å². The quantitative estimate of drug-likeness (QED) is 0.783. The molecule has 0 saturated carbocycles. The molecular formula is C15H21BrN2. The lowest BCUT2D eigenvalue weighted by Crippen LogP contribution is -2.47. The van der Waals surface area contributed by atoms with Gasteiger partial charge < -0.3 is 9.80 Å². The Labute approximate surface area is 118 Å². The van der Waals surface area contributed by atoms with Gasteiger partial charge in [-0.05, 0) is 57.0 Å². The first-order valence-electron chi connectivity index (χ1n) is 7.07. The second-order valence-corrected chi connectivity index (χ2v) is 6.37. The van der Waals surface area contributed by atoms with Crippen LogP contribution in [0.3, 0.4) is 0 Å². The molecule has 2 nitrogen and oxygen atoms in total. The third kappa shape index (κ3) is 2.72. The Morgan fingerprint density at radius 2 is 1.78 bits per heavy atom. The van der Waals surface area contributed by atoms with Gasteiger partial charge in [-0.25, -0.2) is 0 Å². The summed E-state index contributed by atoms with van der Waals surface area (Å²) in [5.41, 5.74) is 1.39. The van der Waals surface area contributed by atoms with Crippen LogP contribution in [0.5, 0.6) is 0 Å². The molecule has 0 amide bonds. The van der Waals surface area contributed by atoms with E-state index in [1.54, 1.807) is 0 Å². The first-order valence-corrected chi connectivity index (χ1v) is 7.87. The lowest BCUT2D eigenvalue weighted by Gasteiger charge is -2.41. The molecule has 3 heteroatoms. The van der Waals surface area contributed by atoms with Crippen molar-refractivity contribution in [3.8, 4) is 0 Å². The summed E-state index contributed by atoms with van der Waals surface area (Å²) in [7, 11) is 0. The lowest BCUT2D eigenvalue weighted by atomic mass is 9.98. The minimum Gasteiger partial charge on any atom is -0.367 e. The summed E-state index contributed by atoms with van der Waals surface area (Å²) in [5.74, 6) is 0. The van der Waals surface area contributed by atoms with Gasteiger partial charge in [-0.1, -0.05) is 22.0 Å². The van der Waals surface area contributed by atoms with Crippen molar-refractivity contribution in [2.45, 2.75) is 31.7 Å². The molecule has 0 radical (unpaired) electrons. The Balaban J connectivity index is 1.85. The smallest absolute Gasteiger partial charge is 0.0380 e. The van der Waals surface area contributed by atoms with E-state index < -0.39 is 0 Å². The molecule has 1 aromatic rings. The summed E-state index contributed by atoms with van der Waals surface area (Å²) in [5, 5.41) is 0. The van der Waals surface area contributed by atoms with E-state index in [1.165, 1.54) is 62.0 Å². The van der Waals surface area contributed by atoms with Crippen molar-refractivity contribution < 1.29 is 0 Å². The van der Waals surface area contributed by atoms with E-state index in [-0.39, 0.29) is 0 Å². The topological polar surface area (TPSA) is 6.48 Å². The lowest BCUT2D eigenvalue weighted by molar-refractivity contribution is 0.217. The third-order valence-corrected chi connectivity index (χ3v) is 4.75. The van der Waals surface area contributed by atoms with Crippen molar-refractivity contribution in [2.24, 2.45) is 0 Å². The molecule has 1 aromatic carbocycles. The van der Waals surface area contributed by atoms with E-state index in [1.807, 2.05) is 0 Å². The number of rotatable bonds is 1. The summed E-state index contributed by atoms with van der Waals surface area (Å²) >= 11 is 3.59. The summed E-state index contributed by atoms with van der Waals surface area (Å²) in [6, 6.07) is 9.53. The maximum Gasteiger partial charge on any atom is 0.0380 e. The van der Waals surface area contributed by atoms with Gasteiger partial charge in [0.2, 0.25) is 0 Å². The van der Waals surface area contributed by atoms with E-state index in [9.17, 15) is 0 Å². The van der Waals surface area contributed by atoms with Crippen molar-refractivity contribution in [3.05, 3.63) is 28.7 Å². The SMILES string of the molecule is Brc1cccc(N2CCN3CCCC2CCC3)c1. The average molecular weight is 309 g/mol. The molecule has 0 aromatic heterocycles. The van der Waals surface area contributed by atoms with E-state index in [0.717, 1.165) is 6.04 Å². The molecule has 0 N–H and O–H groups in total. The normalized spacial score (nSPS) is 28.6. The monoisotopic (exact) mass is 308 g/mol. The van der Waals surface area contributed by atoms with E-state index in [0.29, 0.717) is 0 Å². The zero-order valence-electron chi connectivity index (χ0n) is 10.8. The highest BCUT2D eigenvalue weighted by atomic mass is 79.9. The first-order chi connectivity index (χ1) is 8.83. The molecule has 3 aliphatic heterocycles. The van der Waals surface area contributed by atoms with Crippen LogP contribution in [0.4, 0.5) is 5.69 Å². The van der Waals surface area contributed by atoms with E-state index >= 15 is 0 Å². The summed E-state index contributed by atoms with van der Waals surface area (Å²) in [4.78, 5) is 5.27.